The van der Waals surface area contributed by atoms with E-state index in [0.717, 1.165) is 25.7 Å². The first-order valence-electron chi connectivity index (χ1n) is 10.4. The summed E-state index contributed by atoms with van der Waals surface area (Å²) >= 11 is 0. The van der Waals surface area contributed by atoms with Crippen molar-refractivity contribution >= 4 is 23.4 Å². The number of carbonyl (C=O) groups is 3. The van der Waals surface area contributed by atoms with Gasteiger partial charge in [0.15, 0.2) is 0 Å². The molecule has 0 radical (unpaired) electrons. The minimum atomic E-state index is -0.775. The van der Waals surface area contributed by atoms with Crippen LogP contribution in [0.2, 0.25) is 0 Å². The summed E-state index contributed by atoms with van der Waals surface area (Å²) in [4.78, 5) is 44.2. The van der Waals surface area contributed by atoms with E-state index in [0.29, 0.717) is 24.1 Å². The average Bonchev–Trinajstić information content (AvgIpc) is 2.88. The Balaban J connectivity index is 1.61. The molecule has 150 valence electrons. The number of likely N-dealkylation sites (N-methyl/N-ethyl adjacent to an activating group) is 1. The molecule has 6 heteroatoms. The first-order chi connectivity index (χ1) is 13.4. The highest BCUT2D eigenvalue weighted by atomic mass is 16.2. The summed E-state index contributed by atoms with van der Waals surface area (Å²) in [5, 5.41) is 0. The SMILES string of the molecule is CN(C(=O)CN1C(=O)c2ccccc2N2C(=O)CCC12C)C1CCCCCC1. The number of para-hydroxylation sites is 1. The molecule has 2 aliphatic heterocycles. The summed E-state index contributed by atoms with van der Waals surface area (Å²) in [6.07, 6.45) is 7.76. The zero-order valence-corrected chi connectivity index (χ0v) is 16.8. The molecule has 1 aliphatic carbocycles. The molecular weight excluding hydrogens is 354 g/mol. The van der Waals surface area contributed by atoms with Crippen LogP contribution in [0.1, 0.15) is 68.6 Å². The minimum Gasteiger partial charge on any atom is -0.341 e. The van der Waals surface area contributed by atoms with Crippen molar-refractivity contribution < 1.29 is 14.4 Å². The van der Waals surface area contributed by atoms with Crippen LogP contribution in [-0.4, -0.2) is 52.8 Å². The Hall–Kier alpha value is -2.37. The van der Waals surface area contributed by atoms with E-state index in [-0.39, 0.29) is 30.3 Å². The highest BCUT2D eigenvalue weighted by Gasteiger charge is 2.53. The van der Waals surface area contributed by atoms with E-state index >= 15 is 0 Å². The quantitative estimate of drug-likeness (QED) is 0.753. The van der Waals surface area contributed by atoms with Crippen LogP contribution < -0.4 is 4.90 Å². The zero-order chi connectivity index (χ0) is 19.9. The molecule has 1 saturated carbocycles. The lowest BCUT2D eigenvalue weighted by Gasteiger charge is -2.48. The minimum absolute atomic E-state index is 0.0111. The number of fused-ring (bicyclic) bond motifs is 3. The molecule has 2 heterocycles. The van der Waals surface area contributed by atoms with E-state index < -0.39 is 5.66 Å². The van der Waals surface area contributed by atoms with Crippen LogP contribution in [0.4, 0.5) is 5.69 Å². The van der Waals surface area contributed by atoms with Crippen molar-refractivity contribution in [3.63, 3.8) is 0 Å². The summed E-state index contributed by atoms with van der Waals surface area (Å²) in [5.41, 5.74) is 0.390. The number of nitrogens with zero attached hydrogens (tertiary/aromatic N) is 3. The van der Waals surface area contributed by atoms with Gasteiger partial charge in [0.25, 0.3) is 5.91 Å². The van der Waals surface area contributed by atoms with Gasteiger partial charge in [-0.2, -0.15) is 0 Å². The van der Waals surface area contributed by atoms with Gasteiger partial charge in [0, 0.05) is 19.5 Å². The molecule has 2 fully saturated rings. The number of rotatable bonds is 3. The van der Waals surface area contributed by atoms with Gasteiger partial charge in [0.05, 0.1) is 11.3 Å². The number of benzene rings is 1. The third-order valence-corrected chi connectivity index (χ3v) is 6.80. The molecule has 1 saturated heterocycles. The maximum atomic E-state index is 13.3. The molecular formula is C22H29N3O3. The number of amides is 3. The van der Waals surface area contributed by atoms with Crippen LogP contribution in [0.3, 0.4) is 0 Å². The Morgan fingerprint density at radius 1 is 1.14 bits per heavy atom. The monoisotopic (exact) mass is 383 g/mol. The van der Waals surface area contributed by atoms with Gasteiger partial charge in [-0.1, -0.05) is 37.8 Å². The maximum Gasteiger partial charge on any atom is 0.258 e. The summed E-state index contributed by atoms with van der Waals surface area (Å²) in [6, 6.07) is 7.47. The predicted octanol–water partition coefficient (Wildman–Crippen LogP) is 3.17. The molecule has 0 aromatic heterocycles. The second-order valence-electron chi connectivity index (χ2n) is 8.50. The van der Waals surface area contributed by atoms with Crippen molar-refractivity contribution in [2.45, 2.75) is 70.0 Å². The summed E-state index contributed by atoms with van der Waals surface area (Å²) in [6.45, 7) is 1.92. The van der Waals surface area contributed by atoms with E-state index in [4.69, 9.17) is 0 Å². The fourth-order valence-corrected chi connectivity index (χ4v) is 5.04. The van der Waals surface area contributed by atoms with Gasteiger partial charge in [-0.15, -0.1) is 0 Å². The van der Waals surface area contributed by atoms with Crippen LogP contribution in [0, 0.1) is 0 Å². The van der Waals surface area contributed by atoms with Crippen molar-refractivity contribution in [3.8, 4) is 0 Å². The average molecular weight is 383 g/mol. The molecule has 1 aromatic carbocycles. The van der Waals surface area contributed by atoms with Crippen LogP contribution in [0.25, 0.3) is 0 Å². The van der Waals surface area contributed by atoms with Crippen molar-refractivity contribution in [3.05, 3.63) is 29.8 Å². The standard InChI is InChI=1S/C22H29N3O3/c1-22-14-13-19(26)25(22)18-12-8-7-11-17(18)21(28)24(22)15-20(27)23(2)16-9-5-3-4-6-10-16/h7-8,11-12,16H,3-6,9-10,13-15H2,1-2H3. The number of hydrogen-bond acceptors (Lipinski definition) is 3. The van der Waals surface area contributed by atoms with Crippen molar-refractivity contribution in [1.82, 2.24) is 9.80 Å². The molecule has 1 aromatic rings. The number of carbonyl (C=O) groups excluding carboxylic acids is 3. The maximum absolute atomic E-state index is 13.3. The van der Waals surface area contributed by atoms with E-state index in [2.05, 4.69) is 0 Å². The fraction of sp³-hybridized carbons (Fsp3) is 0.591. The summed E-state index contributed by atoms with van der Waals surface area (Å²) in [5.74, 6) is -0.191. The third-order valence-electron chi connectivity index (χ3n) is 6.80. The molecule has 0 bridgehead atoms. The lowest BCUT2D eigenvalue weighted by Crippen LogP contribution is -2.64. The van der Waals surface area contributed by atoms with Gasteiger partial charge in [-0.3, -0.25) is 19.3 Å². The van der Waals surface area contributed by atoms with E-state index in [1.807, 2.05) is 31.0 Å². The smallest absolute Gasteiger partial charge is 0.258 e. The largest absolute Gasteiger partial charge is 0.341 e. The van der Waals surface area contributed by atoms with Crippen molar-refractivity contribution in [2.75, 3.05) is 18.5 Å². The molecule has 4 rings (SSSR count). The molecule has 6 nitrogen and oxygen atoms in total. The molecule has 0 spiro atoms. The molecule has 28 heavy (non-hydrogen) atoms. The highest BCUT2D eigenvalue weighted by molar-refractivity contribution is 6.11. The Labute approximate surface area is 166 Å². The van der Waals surface area contributed by atoms with E-state index in [1.165, 1.54) is 12.8 Å². The normalized spacial score (nSPS) is 25.4. The molecule has 0 N–H and O–H groups in total. The van der Waals surface area contributed by atoms with E-state index in [9.17, 15) is 14.4 Å². The second kappa shape index (κ2) is 7.22. The van der Waals surface area contributed by atoms with Crippen LogP contribution in [0.15, 0.2) is 24.3 Å². The lowest BCUT2D eigenvalue weighted by atomic mass is 9.98. The lowest BCUT2D eigenvalue weighted by molar-refractivity contribution is -0.134. The number of anilines is 1. The molecule has 1 unspecified atom stereocenters. The third kappa shape index (κ3) is 2.99. The number of hydrogen-bond donors (Lipinski definition) is 0. The van der Waals surface area contributed by atoms with Gasteiger partial charge >= 0.3 is 0 Å². The Morgan fingerprint density at radius 2 is 1.82 bits per heavy atom. The van der Waals surface area contributed by atoms with Crippen LogP contribution >= 0.6 is 0 Å². The Bertz CT molecular complexity index is 800. The Morgan fingerprint density at radius 3 is 2.54 bits per heavy atom. The van der Waals surface area contributed by atoms with Crippen LogP contribution in [-0.2, 0) is 9.59 Å². The predicted molar refractivity (Wildman–Crippen MR) is 107 cm³/mol. The van der Waals surface area contributed by atoms with Crippen LogP contribution in [0.5, 0.6) is 0 Å². The van der Waals surface area contributed by atoms with Gasteiger partial charge in [0.2, 0.25) is 11.8 Å². The molecule has 1 atom stereocenters. The summed E-state index contributed by atoms with van der Waals surface area (Å²) < 4.78 is 0. The first-order valence-corrected chi connectivity index (χ1v) is 10.4. The molecule has 3 amide bonds. The highest BCUT2D eigenvalue weighted by Crippen LogP contribution is 2.43. The summed E-state index contributed by atoms with van der Waals surface area (Å²) in [7, 11) is 1.86. The fourth-order valence-electron chi connectivity index (χ4n) is 5.04. The topological polar surface area (TPSA) is 60.9 Å². The van der Waals surface area contributed by atoms with E-state index in [1.54, 1.807) is 21.9 Å². The van der Waals surface area contributed by atoms with Gasteiger partial charge < -0.3 is 9.80 Å². The second-order valence-corrected chi connectivity index (χ2v) is 8.50. The van der Waals surface area contributed by atoms with Gasteiger partial charge in [-0.05, 0) is 38.3 Å². The molecule has 3 aliphatic rings. The van der Waals surface area contributed by atoms with Crippen molar-refractivity contribution in [2.24, 2.45) is 0 Å². The van der Waals surface area contributed by atoms with Crippen molar-refractivity contribution in [1.29, 1.82) is 0 Å². The van der Waals surface area contributed by atoms with Gasteiger partial charge in [0.1, 0.15) is 12.2 Å². The zero-order valence-electron chi connectivity index (χ0n) is 16.8. The first kappa shape index (κ1) is 19.0. The Kier molecular flexibility index (Phi) is 4.89. The van der Waals surface area contributed by atoms with Gasteiger partial charge in [-0.25, -0.2) is 0 Å².